The SMILES string of the molecule is CCCCN(CC)C(=O)c1cc(Cl)c(OCC(N)=O)c(OC)c1. The maximum atomic E-state index is 12.6. The molecule has 1 aromatic carbocycles. The zero-order valence-corrected chi connectivity index (χ0v) is 14.5. The Kier molecular flexibility index (Phi) is 7.68. The number of nitrogens with zero attached hydrogens (tertiary/aromatic N) is 1. The van der Waals surface area contributed by atoms with Gasteiger partial charge in [0.15, 0.2) is 18.1 Å². The monoisotopic (exact) mass is 342 g/mol. The van der Waals surface area contributed by atoms with Crippen molar-refractivity contribution in [3.63, 3.8) is 0 Å². The van der Waals surface area contributed by atoms with E-state index in [1.807, 2.05) is 6.92 Å². The van der Waals surface area contributed by atoms with Crippen LogP contribution in [0.25, 0.3) is 0 Å². The molecule has 0 aromatic heterocycles. The van der Waals surface area contributed by atoms with Crippen LogP contribution in [0, 0.1) is 0 Å². The molecular weight excluding hydrogens is 320 g/mol. The third kappa shape index (κ3) is 5.32. The predicted molar refractivity (Wildman–Crippen MR) is 89.2 cm³/mol. The molecule has 7 heteroatoms. The van der Waals surface area contributed by atoms with Crippen LogP contribution in [-0.4, -0.2) is 43.5 Å². The van der Waals surface area contributed by atoms with Gasteiger partial charge in [-0.1, -0.05) is 24.9 Å². The first kappa shape index (κ1) is 19.1. The molecule has 1 aromatic rings. The number of hydrogen-bond acceptors (Lipinski definition) is 4. The fourth-order valence-corrected chi connectivity index (χ4v) is 2.33. The Balaban J connectivity index is 3.06. The van der Waals surface area contributed by atoms with Gasteiger partial charge >= 0.3 is 0 Å². The Bertz CT molecular complexity index is 563. The molecular formula is C16H23ClN2O4. The molecule has 0 saturated heterocycles. The van der Waals surface area contributed by atoms with E-state index in [1.165, 1.54) is 13.2 Å². The Labute approximate surface area is 141 Å². The van der Waals surface area contributed by atoms with E-state index in [1.54, 1.807) is 11.0 Å². The van der Waals surface area contributed by atoms with Crippen LogP contribution < -0.4 is 15.2 Å². The highest BCUT2D eigenvalue weighted by Gasteiger charge is 2.19. The van der Waals surface area contributed by atoms with Crippen molar-refractivity contribution >= 4 is 23.4 Å². The predicted octanol–water partition coefficient (Wildman–Crippen LogP) is 2.47. The van der Waals surface area contributed by atoms with E-state index in [9.17, 15) is 9.59 Å². The van der Waals surface area contributed by atoms with Gasteiger partial charge in [0, 0.05) is 18.7 Å². The molecule has 1 rings (SSSR count). The minimum absolute atomic E-state index is 0.123. The number of benzene rings is 1. The molecule has 0 saturated carbocycles. The topological polar surface area (TPSA) is 81.9 Å². The summed E-state index contributed by atoms with van der Waals surface area (Å²) in [6.45, 7) is 4.98. The second-order valence-electron chi connectivity index (χ2n) is 4.98. The number of ether oxygens (including phenoxy) is 2. The lowest BCUT2D eigenvalue weighted by molar-refractivity contribution is -0.119. The average molecular weight is 343 g/mol. The fraction of sp³-hybridized carbons (Fsp3) is 0.500. The van der Waals surface area contributed by atoms with Crippen LogP contribution in [0.4, 0.5) is 0 Å². The van der Waals surface area contributed by atoms with Gasteiger partial charge in [-0.25, -0.2) is 0 Å². The summed E-state index contributed by atoms with van der Waals surface area (Å²) in [5, 5.41) is 0.195. The smallest absolute Gasteiger partial charge is 0.255 e. The van der Waals surface area contributed by atoms with Crippen molar-refractivity contribution < 1.29 is 19.1 Å². The molecule has 0 atom stereocenters. The summed E-state index contributed by atoms with van der Waals surface area (Å²) in [4.78, 5) is 25.2. The standard InChI is InChI=1S/C16H23ClN2O4/c1-4-6-7-19(5-2)16(21)11-8-12(17)15(13(9-11)22-3)23-10-14(18)20/h8-9H,4-7,10H2,1-3H3,(H2,18,20). The minimum atomic E-state index is -0.625. The lowest BCUT2D eigenvalue weighted by Gasteiger charge is -2.21. The molecule has 0 aliphatic rings. The van der Waals surface area contributed by atoms with Crippen LogP contribution in [0.1, 0.15) is 37.0 Å². The van der Waals surface area contributed by atoms with Crippen LogP contribution in [0.2, 0.25) is 5.02 Å². The van der Waals surface area contributed by atoms with Crippen LogP contribution in [-0.2, 0) is 4.79 Å². The number of methoxy groups -OCH3 is 1. The van der Waals surface area contributed by atoms with Crippen molar-refractivity contribution in [2.45, 2.75) is 26.7 Å². The lowest BCUT2D eigenvalue weighted by Crippen LogP contribution is -2.31. The van der Waals surface area contributed by atoms with Crippen LogP contribution in [0.15, 0.2) is 12.1 Å². The maximum absolute atomic E-state index is 12.6. The number of carbonyl (C=O) groups excluding carboxylic acids is 2. The van der Waals surface area contributed by atoms with Crippen molar-refractivity contribution in [2.75, 3.05) is 26.8 Å². The van der Waals surface area contributed by atoms with E-state index in [4.69, 9.17) is 26.8 Å². The number of carbonyl (C=O) groups is 2. The normalized spacial score (nSPS) is 10.3. The third-order valence-corrected chi connectivity index (χ3v) is 3.57. The van der Waals surface area contributed by atoms with E-state index in [-0.39, 0.29) is 29.0 Å². The maximum Gasteiger partial charge on any atom is 0.255 e. The number of unbranched alkanes of at least 4 members (excludes halogenated alkanes) is 1. The Morgan fingerprint density at radius 3 is 2.52 bits per heavy atom. The molecule has 0 heterocycles. The number of halogens is 1. The van der Waals surface area contributed by atoms with Crippen molar-refractivity contribution in [3.05, 3.63) is 22.7 Å². The van der Waals surface area contributed by atoms with Gasteiger partial charge in [0.1, 0.15) is 0 Å². The van der Waals surface area contributed by atoms with Crippen molar-refractivity contribution in [3.8, 4) is 11.5 Å². The minimum Gasteiger partial charge on any atom is -0.493 e. The molecule has 0 unspecified atom stereocenters. The van der Waals surface area contributed by atoms with Gasteiger partial charge in [-0.15, -0.1) is 0 Å². The van der Waals surface area contributed by atoms with Crippen LogP contribution in [0.5, 0.6) is 11.5 Å². The largest absolute Gasteiger partial charge is 0.493 e. The molecule has 0 radical (unpaired) electrons. The Morgan fingerprint density at radius 2 is 2.00 bits per heavy atom. The zero-order chi connectivity index (χ0) is 17.4. The first-order valence-corrected chi connectivity index (χ1v) is 7.90. The van der Waals surface area contributed by atoms with E-state index in [0.29, 0.717) is 18.7 Å². The molecule has 0 spiro atoms. The average Bonchev–Trinajstić information content (AvgIpc) is 2.53. The number of rotatable bonds is 9. The van der Waals surface area contributed by atoms with Gasteiger partial charge in [0.05, 0.1) is 12.1 Å². The summed E-state index contributed by atoms with van der Waals surface area (Å²) in [7, 11) is 1.44. The summed E-state index contributed by atoms with van der Waals surface area (Å²) in [5.74, 6) is -0.266. The highest BCUT2D eigenvalue weighted by Crippen LogP contribution is 2.36. The van der Waals surface area contributed by atoms with E-state index >= 15 is 0 Å². The first-order valence-electron chi connectivity index (χ1n) is 7.52. The zero-order valence-electron chi connectivity index (χ0n) is 13.7. The van der Waals surface area contributed by atoms with Gasteiger partial charge in [0.25, 0.3) is 11.8 Å². The summed E-state index contributed by atoms with van der Waals surface area (Å²) in [5.41, 5.74) is 5.47. The molecule has 0 aliphatic heterocycles. The van der Waals surface area contributed by atoms with Gasteiger partial charge in [-0.3, -0.25) is 9.59 Å². The van der Waals surface area contributed by atoms with Crippen molar-refractivity contribution in [2.24, 2.45) is 5.73 Å². The summed E-state index contributed by atoms with van der Waals surface area (Å²) < 4.78 is 10.5. The number of nitrogens with two attached hydrogens (primary N) is 1. The third-order valence-electron chi connectivity index (χ3n) is 3.29. The lowest BCUT2D eigenvalue weighted by atomic mass is 10.1. The van der Waals surface area contributed by atoms with Gasteiger partial charge < -0.3 is 20.1 Å². The molecule has 0 bridgehead atoms. The molecule has 128 valence electrons. The summed E-state index contributed by atoms with van der Waals surface area (Å²) >= 11 is 6.17. The number of amides is 2. The highest BCUT2D eigenvalue weighted by molar-refractivity contribution is 6.32. The molecule has 6 nitrogen and oxygen atoms in total. The van der Waals surface area contributed by atoms with Gasteiger partial charge in [-0.2, -0.15) is 0 Å². The van der Waals surface area contributed by atoms with Gasteiger partial charge in [-0.05, 0) is 25.5 Å². The summed E-state index contributed by atoms with van der Waals surface area (Å²) in [6, 6.07) is 3.07. The van der Waals surface area contributed by atoms with E-state index in [0.717, 1.165) is 12.8 Å². The Morgan fingerprint density at radius 1 is 1.30 bits per heavy atom. The van der Waals surface area contributed by atoms with Gasteiger partial charge in [0.2, 0.25) is 0 Å². The summed E-state index contributed by atoms with van der Waals surface area (Å²) in [6.07, 6.45) is 1.94. The van der Waals surface area contributed by atoms with Crippen LogP contribution >= 0.6 is 11.6 Å². The molecule has 2 N–H and O–H groups in total. The van der Waals surface area contributed by atoms with Crippen LogP contribution in [0.3, 0.4) is 0 Å². The fourth-order valence-electron chi connectivity index (χ4n) is 2.06. The van der Waals surface area contributed by atoms with Crippen molar-refractivity contribution in [1.29, 1.82) is 0 Å². The second kappa shape index (κ2) is 9.25. The Hall–Kier alpha value is -1.95. The van der Waals surface area contributed by atoms with E-state index in [2.05, 4.69) is 6.92 Å². The molecule has 23 heavy (non-hydrogen) atoms. The first-order chi connectivity index (χ1) is 10.9. The number of hydrogen-bond donors (Lipinski definition) is 1. The molecule has 0 fully saturated rings. The number of primary amides is 1. The molecule has 2 amide bonds. The molecule has 0 aliphatic carbocycles. The van der Waals surface area contributed by atoms with Crippen molar-refractivity contribution in [1.82, 2.24) is 4.90 Å². The second-order valence-corrected chi connectivity index (χ2v) is 5.39. The highest BCUT2D eigenvalue weighted by atomic mass is 35.5. The van der Waals surface area contributed by atoms with E-state index < -0.39 is 5.91 Å². The quantitative estimate of drug-likeness (QED) is 0.747.